The molecule has 1 aromatic rings. The quantitative estimate of drug-likeness (QED) is 0.853. The molecule has 3 heteroatoms. The molecule has 3 rings (SSSR count). The van der Waals surface area contributed by atoms with Gasteiger partial charge in [-0.15, -0.1) is 0 Å². The Morgan fingerprint density at radius 1 is 1.37 bits per heavy atom. The SMILES string of the molecule is CNC(CC1CC2CCC1C2)c1cc(F)ccc1Cl. The maximum Gasteiger partial charge on any atom is 0.123 e. The maximum atomic E-state index is 13.4. The molecule has 1 nitrogen and oxygen atoms in total. The predicted molar refractivity (Wildman–Crippen MR) is 76.8 cm³/mol. The fourth-order valence-electron chi connectivity index (χ4n) is 4.15. The molecule has 0 amide bonds. The van der Waals surface area contributed by atoms with Gasteiger partial charge in [-0.1, -0.05) is 18.0 Å². The van der Waals surface area contributed by atoms with Crippen molar-refractivity contribution in [1.29, 1.82) is 0 Å². The Balaban J connectivity index is 1.75. The molecule has 1 aromatic carbocycles. The molecule has 0 aliphatic heterocycles. The van der Waals surface area contributed by atoms with Crippen LogP contribution in [0.15, 0.2) is 18.2 Å². The van der Waals surface area contributed by atoms with Crippen LogP contribution < -0.4 is 5.32 Å². The van der Waals surface area contributed by atoms with Gasteiger partial charge in [0, 0.05) is 11.1 Å². The molecule has 0 aromatic heterocycles. The summed E-state index contributed by atoms with van der Waals surface area (Å²) >= 11 is 6.23. The minimum Gasteiger partial charge on any atom is -0.313 e. The van der Waals surface area contributed by atoms with Crippen LogP contribution in [0, 0.1) is 23.6 Å². The number of nitrogens with one attached hydrogen (secondary N) is 1. The molecule has 0 saturated heterocycles. The first kappa shape index (κ1) is 13.4. The average molecular weight is 282 g/mol. The van der Waals surface area contributed by atoms with E-state index in [0.29, 0.717) is 5.02 Å². The van der Waals surface area contributed by atoms with E-state index < -0.39 is 0 Å². The highest BCUT2D eigenvalue weighted by atomic mass is 35.5. The molecule has 2 aliphatic rings. The van der Waals surface area contributed by atoms with Gasteiger partial charge in [-0.25, -0.2) is 4.39 Å². The molecule has 19 heavy (non-hydrogen) atoms. The van der Waals surface area contributed by atoms with E-state index in [2.05, 4.69) is 5.32 Å². The zero-order valence-corrected chi connectivity index (χ0v) is 12.1. The van der Waals surface area contributed by atoms with E-state index in [9.17, 15) is 4.39 Å². The molecular weight excluding hydrogens is 261 g/mol. The van der Waals surface area contributed by atoms with Crippen molar-refractivity contribution in [2.24, 2.45) is 17.8 Å². The average Bonchev–Trinajstić information content (AvgIpc) is 3.01. The van der Waals surface area contributed by atoms with Gasteiger partial charge in [0.15, 0.2) is 0 Å². The Morgan fingerprint density at radius 2 is 2.21 bits per heavy atom. The van der Waals surface area contributed by atoms with Crippen LogP contribution in [0.4, 0.5) is 4.39 Å². The van der Waals surface area contributed by atoms with Gasteiger partial charge in [-0.2, -0.15) is 0 Å². The van der Waals surface area contributed by atoms with Crippen LogP contribution in [0.1, 0.15) is 43.7 Å². The maximum absolute atomic E-state index is 13.4. The fourth-order valence-corrected chi connectivity index (χ4v) is 4.40. The van der Waals surface area contributed by atoms with Gasteiger partial charge >= 0.3 is 0 Å². The van der Waals surface area contributed by atoms with Crippen molar-refractivity contribution in [3.8, 4) is 0 Å². The monoisotopic (exact) mass is 281 g/mol. The third-order valence-corrected chi connectivity index (χ3v) is 5.45. The van der Waals surface area contributed by atoms with Crippen LogP contribution in [0.2, 0.25) is 5.02 Å². The van der Waals surface area contributed by atoms with E-state index in [1.165, 1.54) is 31.7 Å². The second kappa shape index (κ2) is 5.41. The van der Waals surface area contributed by atoms with Crippen molar-refractivity contribution in [2.45, 2.75) is 38.1 Å². The molecule has 4 atom stereocenters. The zero-order chi connectivity index (χ0) is 13.4. The van der Waals surface area contributed by atoms with Crippen LogP contribution in [0.3, 0.4) is 0 Å². The number of hydrogen-bond donors (Lipinski definition) is 1. The molecule has 4 unspecified atom stereocenters. The number of fused-ring (bicyclic) bond motifs is 2. The zero-order valence-electron chi connectivity index (χ0n) is 11.3. The number of hydrogen-bond acceptors (Lipinski definition) is 1. The molecule has 2 saturated carbocycles. The lowest BCUT2D eigenvalue weighted by Crippen LogP contribution is -2.23. The fraction of sp³-hybridized carbons (Fsp3) is 0.625. The molecule has 0 spiro atoms. The van der Waals surface area contributed by atoms with Gasteiger partial charge in [0.25, 0.3) is 0 Å². The minimum atomic E-state index is -0.201. The van der Waals surface area contributed by atoms with Crippen LogP contribution in [0.25, 0.3) is 0 Å². The Morgan fingerprint density at radius 3 is 2.84 bits per heavy atom. The summed E-state index contributed by atoms with van der Waals surface area (Å²) in [6, 6.07) is 4.84. The highest BCUT2D eigenvalue weighted by Gasteiger charge is 2.40. The van der Waals surface area contributed by atoms with E-state index >= 15 is 0 Å². The van der Waals surface area contributed by atoms with Crippen LogP contribution >= 0.6 is 11.6 Å². The lowest BCUT2D eigenvalue weighted by Gasteiger charge is -2.27. The summed E-state index contributed by atoms with van der Waals surface area (Å²) in [4.78, 5) is 0. The van der Waals surface area contributed by atoms with Gasteiger partial charge in [0.2, 0.25) is 0 Å². The largest absolute Gasteiger partial charge is 0.313 e. The molecule has 2 aliphatic carbocycles. The van der Waals surface area contributed by atoms with Gasteiger partial charge in [0.05, 0.1) is 0 Å². The smallest absolute Gasteiger partial charge is 0.123 e. The molecular formula is C16H21ClFN. The molecule has 1 N–H and O–H groups in total. The molecule has 0 radical (unpaired) electrons. The van der Waals surface area contributed by atoms with Gasteiger partial charge in [-0.3, -0.25) is 0 Å². The summed E-state index contributed by atoms with van der Waals surface area (Å²) in [5, 5.41) is 3.99. The first-order chi connectivity index (χ1) is 9.17. The summed E-state index contributed by atoms with van der Waals surface area (Å²) in [5.74, 6) is 2.44. The summed E-state index contributed by atoms with van der Waals surface area (Å²) < 4.78 is 13.4. The summed E-state index contributed by atoms with van der Waals surface area (Å²) in [6.45, 7) is 0. The highest BCUT2D eigenvalue weighted by molar-refractivity contribution is 6.31. The topological polar surface area (TPSA) is 12.0 Å². The standard InChI is InChI=1S/C16H21ClFN/c1-19-16(14-9-13(18)4-5-15(14)17)8-12-7-10-2-3-11(12)6-10/h4-5,9-12,16,19H,2-3,6-8H2,1H3. The first-order valence-electron chi connectivity index (χ1n) is 7.29. The molecule has 2 fully saturated rings. The van der Waals surface area contributed by atoms with E-state index in [1.54, 1.807) is 12.1 Å². The molecule has 0 heterocycles. The minimum absolute atomic E-state index is 0.174. The Bertz CT molecular complexity index is 462. The first-order valence-corrected chi connectivity index (χ1v) is 7.67. The second-order valence-corrected chi connectivity index (χ2v) is 6.58. The molecule has 2 bridgehead atoms. The van der Waals surface area contributed by atoms with Crippen molar-refractivity contribution < 1.29 is 4.39 Å². The Labute approximate surface area is 119 Å². The van der Waals surface area contributed by atoms with Crippen molar-refractivity contribution >= 4 is 11.6 Å². The van der Waals surface area contributed by atoms with Gasteiger partial charge in [-0.05, 0) is 74.2 Å². The van der Waals surface area contributed by atoms with Crippen molar-refractivity contribution in [1.82, 2.24) is 5.32 Å². The number of rotatable bonds is 4. The number of halogens is 2. The lowest BCUT2D eigenvalue weighted by molar-refractivity contribution is 0.284. The van der Waals surface area contributed by atoms with Gasteiger partial charge < -0.3 is 5.32 Å². The third-order valence-electron chi connectivity index (χ3n) is 5.10. The van der Waals surface area contributed by atoms with E-state index in [0.717, 1.165) is 29.7 Å². The summed E-state index contributed by atoms with van der Waals surface area (Å²) in [6.07, 6.45) is 6.67. The molecule has 104 valence electrons. The second-order valence-electron chi connectivity index (χ2n) is 6.18. The third kappa shape index (κ3) is 2.66. The van der Waals surface area contributed by atoms with Crippen molar-refractivity contribution in [3.05, 3.63) is 34.6 Å². The predicted octanol–water partition coefficient (Wildman–Crippen LogP) is 4.57. The van der Waals surface area contributed by atoms with Crippen molar-refractivity contribution in [3.63, 3.8) is 0 Å². The van der Waals surface area contributed by atoms with Crippen LogP contribution in [0.5, 0.6) is 0 Å². The van der Waals surface area contributed by atoms with Crippen LogP contribution in [-0.4, -0.2) is 7.05 Å². The van der Waals surface area contributed by atoms with Gasteiger partial charge in [0.1, 0.15) is 5.82 Å². The van der Waals surface area contributed by atoms with E-state index in [4.69, 9.17) is 11.6 Å². The van der Waals surface area contributed by atoms with E-state index in [1.807, 2.05) is 7.05 Å². The van der Waals surface area contributed by atoms with Crippen molar-refractivity contribution in [2.75, 3.05) is 7.05 Å². The Kier molecular flexibility index (Phi) is 3.81. The normalized spacial score (nSPS) is 30.8. The van der Waals surface area contributed by atoms with E-state index in [-0.39, 0.29) is 11.9 Å². The number of benzene rings is 1. The summed E-state index contributed by atoms with van der Waals surface area (Å²) in [7, 11) is 1.94. The van der Waals surface area contributed by atoms with Crippen LogP contribution in [-0.2, 0) is 0 Å². The Hall–Kier alpha value is -0.600. The highest BCUT2D eigenvalue weighted by Crippen LogP contribution is 2.51. The summed E-state index contributed by atoms with van der Waals surface area (Å²) in [5.41, 5.74) is 0.909. The lowest BCUT2D eigenvalue weighted by atomic mass is 9.83.